The van der Waals surface area contributed by atoms with Crippen molar-refractivity contribution in [2.45, 2.75) is 26.9 Å². The third-order valence-electron chi connectivity index (χ3n) is 3.93. The standard InChI is InChI=1S/C21H23N3O5/c1-13-6-4-5-7-18(13)21(28)22-12-19(26)29-14(2)20(27)24-17-10-8-16(9-11-17)23-15(3)25/h4-11,14H,12H2,1-3H3,(H,22,28)(H,23,25)(H,24,27)/t14-/m0/s1. The third-order valence-corrected chi connectivity index (χ3v) is 3.93. The Bertz CT molecular complexity index is 909. The summed E-state index contributed by atoms with van der Waals surface area (Å²) in [5, 5.41) is 7.70. The lowest BCUT2D eigenvalue weighted by Gasteiger charge is -2.14. The summed E-state index contributed by atoms with van der Waals surface area (Å²) in [7, 11) is 0. The van der Waals surface area contributed by atoms with Gasteiger partial charge in [0.05, 0.1) is 0 Å². The third kappa shape index (κ3) is 6.76. The lowest BCUT2D eigenvalue weighted by Crippen LogP contribution is -2.36. The van der Waals surface area contributed by atoms with Crippen molar-refractivity contribution in [2.75, 3.05) is 17.2 Å². The number of carbonyl (C=O) groups excluding carboxylic acids is 4. The molecule has 0 aliphatic rings. The second-order valence-electron chi connectivity index (χ2n) is 6.38. The Morgan fingerprint density at radius 3 is 2.10 bits per heavy atom. The van der Waals surface area contributed by atoms with Crippen LogP contribution in [0.25, 0.3) is 0 Å². The maximum Gasteiger partial charge on any atom is 0.326 e. The van der Waals surface area contributed by atoms with E-state index in [0.29, 0.717) is 16.9 Å². The predicted octanol–water partition coefficient (Wildman–Crippen LogP) is 2.25. The fraction of sp³-hybridized carbons (Fsp3) is 0.238. The molecule has 0 aliphatic heterocycles. The van der Waals surface area contributed by atoms with Crippen molar-refractivity contribution in [1.29, 1.82) is 0 Å². The minimum absolute atomic E-state index is 0.197. The van der Waals surface area contributed by atoms with Gasteiger partial charge in [0.1, 0.15) is 6.54 Å². The Hall–Kier alpha value is -3.68. The molecule has 8 heteroatoms. The van der Waals surface area contributed by atoms with Crippen LogP contribution in [-0.4, -0.2) is 36.3 Å². The summed E-state index contributed by atoms with van der Waals surface area (Å²) in [6, 6.07) is 13.5. The first-order valence-electron chi connectivity index (χ1n) is 8.98. The first-order chi connectivity index (χ1) is 13.8. The van der Waals surface area contributed by atoms with Crippen LogP contribution in [0.3, 0.4) is 0 Å². The van der Waals surface area contributed by atoms with Crippen LogP contribution in [0, 0.1) is 6.92 Å². The van der Waals surface area contributed by atoms with Gasteiger partial charge in [-0.1, -0.05) is 18.2 Å². The minimum Gasteiger partial charge on any atom is -0.451 e. The number of amides is 3. The summed E-state index contributed by atoms with van der Waals surface area (Å²) in [5.74, 6) is -1.83. The molecule has 0 saturated heterocycles. The van der Waals surface area contributed by atoms with Crippen LogP contribution in [-0.2, 0) is 19.1 Å². The first kappa shape index (κ1) is 21.6. The number of hydrogen-bond acceptors (Lipinski definition) is 5. The molecule has 2 aromatic carbocycles. The Morgan fingerprint density at radius 1 is 0.931 bits per heavy atom. The molecule has 152 valence electrons. The van der Waals surface area contributed by atoms with E-state index in [2.05, 4.69) is 16.0 Å². The van der Waals surface area contributed by atoms with Gasteiger partial charge in [-0.3, -0.25) is 19.2 Å². The topological polar surface area (TPSA) is 114 Å². The van der Waals surface area contributed by atoms with E-state index in [0.717, 1.165) is 5.56 Å². The largest absolute Gasteiger partial charge is 0.451 e. The van der Waals surface area contributed by atoms with Crippen LogP contribution in [0.5, 0.6) is 0 Å². The molecule has 0 bridgehead atoms. The number of hydrogen-bond donors (Lipinski definition) is 3. The van der Waals surface area contributed by atoms with E-state index >= 15 is 0 Å². The van der Waals surface area contributed by atoms with Crippen molar-refractivity contribution in [2.24, 2.45) is 0 Å². The Kier molecular flexibility index (Phi) is 7.47. The van der Waals surface area contributed by atoms with Gasteiger partial charge in [0.2, 0.25) is 5.91 Å². The smallest absolute Gasteiger partial charge is 0.326 e. The van der Waals surface area contributed by atoms with Gasteiger partial charge >= 0.3 is 5.97 Å². The molecule has 0 fully saturated rings. The minimum atomic E-state index is -1.05. The normalized spacial score (nSPS) is 11.1. The van der Waals surface area contributed by atoms with Crippen LogP contribution >= 0.6 is 0 Å². The molecule has 0 spiro atoms. The lowest BCUT2D eigenvalue weighted by atomic mass is 10.1. The predicted molar refractivity (Wildman–Crippen MR) is 108 cm³/mol. The van der Waals surface area contributed by atoms with Crippen molar-refractivity contribution < 1.29 is 23.9 Å². The molecular weight excluding hydrogens is 374 g/mol. The van der Waals surface area contributed by atoms with Gasteiger partial charge in [-0.2, -0.15) is 0 Å². The average molecular weight is 397 g/mol. The first-order valence-corrected chi connectivity index (χ1v) is 8.98. The highest BCUT2D eigenvalue weighted by Gasteiger charge is 2.19. The van der Waals surface area contributed by atoms with E-state index in [1.807, 2.05) is 6.07 Å². The van der Waals surface area contributed by atoms with Crippen LogP contribution in [0.1, 0.15) is 29.8 Å². The van der Waals surface area contributed by atoms with Gasteiger partial charge in [-0.25, -0.2) is 0 Å². The zero-order chi connectivity index (χ0) is 21.4. The molecule has 0 aliphatic carbocycles. The Balaban J connectivity index is 1.81. The van der Waals surface area contributed by atoms with Crippen LogP contribution in [0.2, 0.25) is 0 Å². The number of rotatable bonds is 7. The summed E-state index contributed by atoms with van der Waals surface area (Å²) in [6.45, 7) is 4.27. The molecule has 3 N–H and O–H groups in total. The second kappa shape index (κ2) is 10.0. The van der Waals surface area contributed by atoms with Gasteiger partial charge < -0.3 is 20.7 Å². The number of anilines is 2. The molecule has 0 saturated carbocycles. The van der Waals surface area contributed by atoms with Crippen molar-refractivity contribution in [1.82, 2.24) is 5.32 Å². The molecule has 8 nitrogen and oxygen atoms in total. The molecule has 3 amide bonds. The average Bonchev–Trinajstić information content (AvgIpc) is 2.67. The lowest BCUT2D eigenvalue weighted by molar-refractivity contribution is -0.152. The second-order valence-corrected chi connectivity index (χ2v) is 6.38. The number of aryl methyl sites for hydroxylation is 1. The molecule has 29 heavy (non-hydrogen) atoms. The number of nitrogens with one attached hydrogen (secondary N) is 3. The van der Waals surface area contributed by atoms with Gasteiger partial charge in [-0.05, 0) is 49.7 Å². The fourth-order valence-corrected chi connectivity index (χ4v) is 2.45. The van der Waals surface area contributed by atoms with E-state index in [9.17, 15) is 19.2 Å². The number of ether oxygens (including phenoxy) is 1. The summed E-state index contributed by atoms with van der Waals surface area (Å²) in [4.78, 5) is 47.2. The zero-order valence-corrected chi connectivity index (χ0v) is 16.4. The number of carbonyl (C=O) groups is 4. The molecule has 2 rings (SSSR count). The summed E-state index contributed by atoms with van der Waals surface area (Å²) in [6.07, 6.45) is -1.05. The van der Waals surface area contributed by atoms with Crippen molar-refractivity contribution in [3.63, 3.8) is 0 Å². The van der Waals surface area contributed by atoms with E-state index in [1.165, 1.54) is 13.8 Å². The van der Waals surface area contributed by atoms with Crippen LogP contribution < -0.4 is 16.0 Å². The van der Waals surface area contributed by atoms with Crippen molar-refractivity contribution >= 4 is 35.1 Å². The zero-order valence-electron chi connectivity index (χ0n) is 16.4. The maximum absolute atomic E-state index is 12.2. The highest BCUT2D eigenvalue weighted by atomic mass is 16.5. The van der Waals surface area contributed by atoms with Crippen molar-refractivity contribution in [3.05, 3.63) is 59.7 Å². The van der Waals surface area contributed by atoms with E-state index in [-0.39, 0.29) is 12.5 Å². The monoisotopic (exact) mass is 397 g/mol. The number of esters is 1. The SMILES string of the molecule is CC(=O)Nc1ccc(NC(=O)[C@H](C)OC(=O)CNC(=O)c2ccccc2C)cc1. The summed E-state index contributed by atoms with van der Waals surface area (Å²) in [5.41, 5.74) is 2.34. The highest BCUT2D eigenvalue weighted by Crippen LogP contribution is 2.14. The molecule has 2 aromatic rings. The molecule has 0 aromatic heterocycles. The number of benzene rings is 2. The molecular formula is C21H23N3O5. The van der Waals surface area contributed by atoms with Gasteiger partial charge in [0.25, 0.3) is 11.8 Å². The van der Waals surface area contributed by atoms with Crippen LogP contribution in [0.15, 0.2) is 48.5 Å². The van der Waals surface area contributed by atoms with E-state index in [1.54, 1.807) is 49.4 Å². The summed E-state index contributed by atoms with van der Waals surface area (Å²) >= 11 is 0. The quantitative estimate of drug-likeness (QED) is 0.620. The van der Waals surface area contributed by atoms with Crippen LogP contribution in [0.4, 0.5) is 11.4 Å². The molecule has 0 unspecified atom stereocenters. The fourth-order valence-electron chi connectivity index (χ4n) is 2.45. The van der Waals surface area contributed by atoms with E-state index < -0.39 is 23.9 Å². The maximum atomic E-state index is 12.2. The molecule has 1 atom stereocenters. The Morgan fingerprint density at radius 2 is 1.52 bits per heavy atom. The molecule has 0 radical (unpaired) electrons. The van der Waals surface area contributed by atoms with E-state index in [4.69, 9.17) is 4.74 Å². The van der Waals surface area contributed by atoms with Gasteiger partial charge in [-0.15, -0.1) is 0 Å². The Labute approximate surface area is 168 Å². The molecule has 0 heterocycles. The highest BCUT2D eigenvalue weighted by molar-refractivity contribution is 5.98. The van der Waals surface area contributed by atoms with Gasteiger partial charge in [0, 0.05) is 23.9 Å². The van der Waals surface area contributed by atoms with Gasteiger partial charge in [0.15, 0.2) is 6.10 Å². The summed E-state index contributed by atoms with van der Waals surface area (Å²) < 4.78 is 5.05. The van der Waals surface area contributed by atoms with Crippen molar-refractivity contribution in [3.8, 4) is 0 Å².